The maximum Gasteiger partial charge on any atom is 0.0937 e. The number of benzene rings is 1. The smallest absolute Gasteiger partial charge is 0.0937 e. The van der Waals surface area contributed by atoms with Gasteiger partial charge in [-0.05, 0) is 75.1 Å². The monoisotopic (exact) mass is 473 g/mol. The molecule has 4 heterocycles. The summed E-state index contributed by atoms with van der Waals surface area (Å²) >= 11 is 0. The van der Waals surface area contributed by atoms with Crippen LogP contribution in [0.2, 0.25) is 0 Å². The average Bonchev–Trinajstić information content (AvgIpc) is 3.21. The number of aromatic amines is 1. The topological polar surface area (TPSA) is 47.2 Å². The third-order valence-electron chi connectivity index (χ3n) is 9.50. The highest BCUT2D eigenvalue weighted by atomic mass is 19.1. The van der Waals surface area contributed by atoms with Crippen LogP contribution >= 0.6 is 0 Å². The Morgan fingerprint density at radius 1 is 1.14 bits per heavy atom. The molecule has 6 heteroatoms. The summed E-state index contributed by atoms with van der Waals surface area (Å²) in [6.07, 6.45) is 9.19. The van der Waals surface area contributed by atoms with Gasteiger partial charge in [0.25, 0.3) is 0 Å². The van der Waals surface area contributed by atoms with Gasteiger partial charge < -0.3 is 10.3 Å². The van der Waals surface area contributed by atoms with Crippen LogP contribution < -0.4 is 5.32 Å². The number of anilines is 1. The molecule has 2 atom stereocenters. The Hall–Kier alpha value is -2.44. The normalized spacial score (nSPS) is 30.7. The van der Waals surface area contributed by atoms with Crippen LogP contribution in [0.3, 0.4) is 0 Å². The van der Waals surface area contributed by atoms with Crippen LogP contribution in [0.5, 0.6) is 0 Å². The number of hydrogen-bond acceptors (Lipinski definition) is 4. The van der Waals surface area contributed by atoms with Crippen molar-refractivity contribution in [1.82, 2.24) is 19.8 Å². The van der Waals surface area contributed by atoms with E-state index in [1.165, 1.54) is 47.8 Å². The summed E-state index contributed by atoms with van der Waals surface area (Å²) in [5.74, 6) is 0.860. The molecule has 184 valence electrons. The molecule has 0 radical (unpaired) electrons. The number of likely N-dealkylation sites (tertiary alicyclic amines) is 1. The molecular weight excluding hydrogens is 437 g/mol. The minimum Gasteiger partial charge on any atom is -0.378 e. The third-order valence-corrected chi connectivity index (χ3v) is 9.50. The molecule has 2 aliphatic heterocycles. The first-order valence-corrected chi connectivity index (χ1v) is 13.5. The molecule has 2 N–H and O–H groups in total. The summed E-state index contributed by atoms with van der Waals surface area (Å²) in [5, 5.41) is 5.00. The van der Waals surface area contributed by atoms with Gasteiger partial charge in [-0.1, -0.05) is 18.2 Å². The fourth-order valence-corrected chi connectivity index (χ4v) is 7.56. The lowest BCUT2D eigenvalue weighted by molar-refractivity contribution is -0.153. The van der Waals surface area contributed by atoms with Crippen LogP contribution in [0.1, 0.15) is 62.0 Å². The number of pyridine rings is 1. The minimum absolute atomic E-state index is 0.179. The third kappa shape index (κ3) is 3.36. The summed E-state index contributed by atoms with van der Waals surface area (Å²) < 4.78 is 12.4. The van der Waals surface area contributed by atoms with Crippen molar-refractivity contribution in [3.05, 3.63) is 59.5 Å². The molecule has 1 saturated heterocycles. The minimum atomic E-state index is -0.225. The van der Waals surface area contributed by atoms with Gasteiger partial charge in [-0.15, -0.1) is 0 Å². The Bertz CT molecular complexity index is 1210. The molecular formula is C29H36FN5. The Balaban J connectivity index is 1.19. The standard InChI is InChI=1S/C29H36FN5/c1-19-15-24-23-5-2-3-6-25(23)33-27(24)28(35(19)29-11-9-20(29)10-12-29)26-8-7-21(16-31-26)32-22-17-34(18-22)14-4-13-30/h2-3,5-8,16,19-20,22,28,32-33H,4,9-15,17-18H2,1H3/t19-,20?,28-,29?/m1/s1. The van der Waals surface area contributed by atoms with E-state index >= 15 is 0 Å². The van der Waals surface area contributed by atoms with Crippen LogP contribution in [0.15, 0.2) is 42.6 Å². The molecule has 0 unspecified atom stereocenters. The van der Waals surface area contributed by atoms with Gasteiger partial charge in [0.05, 0.1) is 36.3 Å². The maximum atomic E-state index is 12.4. The van der Waals surface area contributed by atoms with Crippen molar-refractivity contribution in [1.29, 1.82) is 0 Å². The summed E-state index contributed by atoms with van der Waals surface area (Å²) in [7, 11) is 0. The molecule has 3 fully saturated rings. The van der Waals surface area contributed by atoms with Gasteiger partial charge >= 0.3 is 0 Å². The number of para-hydroxylation sites is 1. The van der Waals surface area contributed by atoms with Crippen molar-refractivity contribution in [2.75, 3.05) is 31.6 Å². The zero-order valence-electron chi connectivity index (χ0n) is 20.6. The molecule has 0 spiro atoms. The average molecular weight is 474 g/mol. The van der Waals surface area contributed by atoms with E-state index in [1.54, 1.807) is 0 Å². The second kappa shape index (κ2) is 8.31. The molecule has 35 heavy (non-hydrogen) atoms. The number of nitrogens with zero attached hydrogens (tertiary/aromatic N) is 3. The van der Waals surface area contributed by atoms with Gasteiger partial charge in [0.1, 0.15) is 0 Å². The van der Waals surface area contributed by atoms with Gasteiger partial charge in [-0.25, -0.2) is 0 Å². The first-order chi connectivity index (χ1) is 17.2. The number of alkyl halides is 1. The second-order valence-electron chi connectivity index (χ2n) is 11.4. The predicted octanol–water partition coefficient (Wildman–Crippen LogP) is 5.30. The van der Waals surface area contributed by atoms with Gasteiger partial charge in [0, 0.05) is 47.8 Å². The van der Waals surface area contributed by atoms with Crippen molar-refractivity contribution >= 4 is 16.6 Å². The van der Waals surface area contributed by atoms with E-state index in [1.807, 2.05) is 6.20 Å². The summed E-state index contributed by atoms with van der Waals surface area (Å²) in [6.45, 7) is 5.03. The summed E-state index contributed by atoms with van der Waals surface area (Å²) in [5.41, 5.74) is 6.68. The van der Waals surface area contributed by atoms with Crippen LogP contribution in [0.25, 0.3) is 10.9 Å². The molecule has 7 rings (SSSR count). The Kier molecular flexibility index (Phi) is 5.18. The molecule has 0 bridgehead atoms. The van der Waals surface area contributed by atoms with Gasteiger partial charge in [-0.3, -0.25) is 19.2 Å². The molecule has 1 aromatic carbocycles. The SMILES string of the molecule is C[C@@H]1Cc2c([nH]c3ccccc23)[C@@H](c2ccc(NC3CN(CCCF)C3)cn2)N1C12CCC1CC2. The molecule has 4 aliphatic rings. The number of hydrogen-bond donors (Lipinski definition) is 2. The Labute approximate surface area is 207 Å². The fourth-order valence-electron chi connectivity index (χ4n) is 7.56. The number of halogens is 1. The number of rotatable bonds is 7. The van der Waals surface area contributed by atoms with Crippen molar-refractivity contribution in [3.63, 3.8) is 0 Å². The lowest BCUT2D eigenvalue weighted by Gasteiger charge is -2.67. The first kappa shape index (κ1) is 21.8. The number of fused-ring (bicyclic) bond motifs is 4. The van der Waals surface area contributed by atoms with Crippen molar-refractivity contribution in [3.8, 4) is 0 Å². The largest absolute Gasteiger partial charge is 0.378 e. The molecule has 3 aromatic rings. The van der Waals surface area contributed by atoms with Crippen LogP contribution in [0.4, 0.5) is 10.1 Å². The van der Waals surface area contributed by atoms with E-state index in [-0.39, 0.29) is 12.7 Å². The molecule has 0 amide bonds. The summed E-state index contributed by atoms with van der Waals surface area (Å²) in [6, 6.07) is 14.3. The van der Waals surface area contributed by atoms with Crippen molar-refractivity contribution in [2.45, 2.75) is 69.1 Å². The highest BCUT2D eigenvalue weighted by Gasteiger charge is 2.60. The Morgan fingerprint density at radius 3 is 2.66 bits per heavy atom. The van der Waals surface area contributed by atoms with Crippen LogP contribution in [-0.2, 0) is 6.42 Å². The van der Waals surface area contributed by atoms with Gasteiger partial charge in [0.15, 0.2) is 0 Å². The molecule has 2 aliphatic carbocycles. The zero-order chi connectivity index (χ0) is 23.6. The van der Waals surface area contributed by atoms with Gasteiger partial charge in [0.2, 0.25) is 0 Å². The van der Waals surface area contributed by atoms with Crippen molar-refractivity contribution in [2.24, 2.45) is 5.92 Å². The first-order valence-electron chi connectivity index (χ1n) is 13.5. The molecule has 2 saturated carbocycles. The molecule has 5 nitrogen and oxygen atoms in total. The van der Waals surface area contributed by atoms with Crippen molar-refractivity contribution < 1.29 is 4.39 Å². The second-order valence-corrected chi connectivity index (χ2v) is 11.4. The maximum absolute atomic E-state index is 12.4. The van der Waals surface area contributed by atoms with Gasteiger partial charge in [-0.2, -0.15) is 0 Å². The quantitative estimate of drug-likeness (QED) is 0.489. The fraction of sp³-hybridized carbons (Fsp3) is 0.552. The van der Waals surface area contributed by atoms with Crippen LogP contribution in [-0.4, -0.2) is 63.7 Å². The predicted molar refractivity (Wildman–Crippen MR) is 139 cm³/mol. The molecule has 2 aromatic heterocycles. The van der Waals surface area contributed by atoms with E-state index in [2.05, 4.69) is 63.4 Å². The highest BCUT2D eigenvalue weighted by Crippen LogP contribution is 2.61. The highest BCUT2D eigenvalue weighted by molar-refractivity contribution is 5.85. The summed E-state index contributed by atoms with van der Waals surface area (Å²) in [4.78, 5) is 14.1. The van der Waals surface area contributed by atoms with E-state index < -0.39 is 0 Å². The van der Waals surface area contributed by atoms with E-state index in [0.717, 1.165) is 43.4 Å². The lowest BCUT2D eigenvalue weighted by atomic mass is 9.51. The van der Waals surface area contributed by atoms with Crippen LogP contribution in [0, 0.1) is 5.92 Å². The number of aromatic nitrogens is 2. The number of nitrogens with one attached hydrogen (secondary N) is 2. The Morgan fingerprint density at radius 2 is 1.97 bits per heavy atom. The zero-order valence-corrected chi connectivity index (χ0v) is 20.6. The van der Waals surface area contributed by atoms with E-state index in [4.69, 9.17) is 4.98 Å². The lowest BCUT2D eigenvalue weighted by Crippen LogP contribution is -2.69. The van der Waals surface area contributed by atoms with E-state index in [9.17, 15) is 4.39 Å². The van der Waals surface area contributed by atoms with E-state index in [0.29, 0.717) is 24.0 Å². The number of H-pyrrole nitrogens is 1.